The number of methoxy groups -OCH3 is 2. The van der Waals surface area contributed by atoms with E-state index in [1.807, 2.05) is 0 Å². The first-order valence-electron chi connectivity index (χ1n) is 4.76. The molecule has 0 aliphatic rings. The van der Waals surface area contributed by atoms with Crippen LogP contribution in [0.5, 0.6) is 5.75 Å². The van der Waals surface area contributed by atoms with Gasteiger partial charge in [-0.2, -0.15) is 0 Å². The first kappa shape index (κ1) is 12.8. The molecular weight excluding hydrogens is 224 g/mol. The molecule has 1 aromatic rings. The van der Waals surface area contributed by atoms with E-state index in [1.165, 1.54) is 32.4 Å². The maximum atomic E-state index is 10.9. The largest absolute Gasteiger partial charge is 0.497 e. The number of carboxylic acid groups (broad SMARTS) is 1. The number of ether oxygens (including phenoxy) is 2. The van der Waals surface area contributed by atoms with Crippen LogP contribution in [0.1, 0.15) is 15.9 Å². The van der Waals surface area contributed by atoms with Crippen molar-refractivity contribution in [3.8, 4) is 5.75 Å². The number of rotatable bonds is 4. The van der Waals surface area contributed by atoms with Crippen molar-refractivity contribution in [2.75, 3.05) is 14.2 Å². The third-order valence-corrected chi connectivity index (χ3v) is 2.09. The lowest BCUT2D eigenvalue weighted by molar-refractivity contribution is -0.134. The lowest BCUT2D eigenvalue weighted by Gasteiger charge is -2.04. The van der Waals surface area contributed by atoms with Gasteiger partial charge in [0, 0.05) is 6.08 Å². The molecule has 1 N–H and O–H groups in total. The standard InChI is InChI=1S/C12H12O5/c1-16-9-4-5-10(12(14)15)8(7-9)3-6-11(13)17-2/h3-7H,1-2H3,(H,14,15). The fourth-order valence-corrected chi connectivity index (χ4v) is 1.23. The Morgan fingerprint density at radius 1 is 1.29 bits per heavy atom. The van der Waals surface area contributed by atoms with Crippen LogP contribution in [0.4, 0.5) is 0 Å². The van der Waals surface area contributed by atoms with Gasteiger partial charge in [-0.05, 0) is 29.8 Å². The van der Waals surface area contributed by atoms with E-state index in [0.29, 0.717) is 11.3 Å². The van der Waals surface area contributed by atoms with Gasteiger partial charge in [-0.25, -0.2) is 9.59 Å². The quantitative estimate of drug-likeness (QED) is 0.634. The number of esters is 1. The lowest BCUT2D eigenvalue weighted by atomic mass is 10.1. The van der Waals surface area contributed by atoms with Crippen LogP contribution < -0.4 is 4.74 Å². The zero-order chi connectivity index (χ0) is 12.8. The van der Waals surface area contributed by atoms with Gasteiger partial charge in [-0.3, -0.25) is 0 Å². The molecule has 1 rings (SSSR count). The Hall–Kier alpha value is -2.30. The monoisotopic (exact) mass is 236 g/mol. The molecule has 0 amide bonds. The van der Waals surface area contributed by atoms with Crippen LogP contribution in [-0.2, 0) is 9.53 Å². The summed E-state index contributed by atoms with van der Waals surface area (Å²) in [6.45, 7) is 0. The van der Waals surface area contributed by atoms with Crippen LogP contribution in [-0.4, -0.2) is 31.3 Å². The number of hydrogen-bond donors (Lipinski definition) is 1. The zero-order valence-corrected chi connectivity index (χ0v) is 9.47. The van der Waals surface area contributed by atoms with Crippen LogP contribution in [0.2, 0.25) is 0 Å². The van der Waals surface area contributed by atoms with Crippen molar-refractivity contribution in [2.45, 2.75) is 0 Å². The highest BCUT2D eigenvalue weighted by Crippen LogP contribution is 2.19. The Balaban J connectivity index is 3.13. The van der Waals surface area contributed by atoms with Gasteiger partial charge >= 0.3 is 11.9 Å². The number of carbonyl (C=O) groups excluding carboxylic acids is 1. The summed E-state index contributed by atoms with van der Waals surface area (Å²) in [4.78, 5) is 21.9. The summed E-state index contributed by atoms with van der Waals surface area (Å²) in [5.74, 6) is -1.11. The van der Waals surface area contributed by atoms with Gasteiger partial charge in [-0.15, -0.1) is 0 Å². The molecule has 0 heterocycles. The van der Waals surface area contributed by atoms with E-state index in [0.717, 1.165) is 6.08 Å². The third-order valence-electron chi connectivity index (χ3n) is 2.09. The normalized spacial score (nSPS) is 10.2. The van der Waals surface area contributed by atoms with Crippen molar-refractivity contribution in [3.63, 3.8) is 0 Å². The van der Waals surface area contributed by atoms with Gasteiger partial charge in [0.25, 0.3) is 0 Å². The molecular formula is C12H12O5. The molecule has 1 aromatic carbocycles. The minimum absolute atomic E-state index is 0.0888. The zero-order valence-electron chi connectivity index (χ0n) is 9.47. The molecule has 5 nitrogen and oxygen atoms in total. The van der Waals surface area contributed by atoms with Crippen LogP contribution in [0.25, 0.3) is 6.08 Å². The maximum Gasteiger partial charge on any atom is 0.336 e. The Kier molecular flexibility index (Phi) is 4.28. The van der Waals surface area contributed by atoms with Gasteiger partial charge in [-0.1, -0.05) is 0 Å². The summed E-state index contributed by atoms with van der Waals surface area (Å²) < 4.78 is 9.40. The van der Waals surface area contributed by atoms with E-state index in [9.17, 15) is 9.59 Å². The fraction of sp³-hybridized carbons (Fsp3) is 0.167. The summed E-state index contributed by atoms with van der Waals surface area (Å²) >= 11 is 0. The summed E-state index contributed by atoms with van der Waals surface area (Å²) in [5.41, 5.74) is 0.466. The molecule has 0 spiro atoms. The Morgan fingerprint density at radius 3 is 2.53 bits per heavy atom. The smallest absolute Gasteiger partial charge is 0.336 e. The second-order valence-corrected chi connectivity index (χ2v) is 3.11. The number of carboxylic acids is 1. The van der Waals surface area contributed by atoms with E-state index in [1.54, 1.807) is 6.07 Å². The van der Waals surface area contributed by atoms with Crippen LogP contribution in [0, 0.1) is 0 Å². The summed E-state index contributed by atoms with van der Waals surface area (Å²) in [5, 5.41) is 8.96. The highest BCUT2D eigenvalue weighted by molar-refractivity contribution is 5.95. The number of benzene rings is 1. The molecule has 90 valence electrons. The van der Waals surface area contributed by atoms with Crippen molar-refractivity contribution in [3.05, 3.63) is 35.4 Å². The molecule has 0 saturated carbocycles. The molecule has 0 atom stereocenters. The Labute approximate surface area is 98.3 Å². The van der Waals surface area contributed by atoms with E-state index < -0.39 is 11.9 Å². The van der Waals surface area contributed by atoms with E-state index in [4.69, 9.17) is 9.84 Å². The first-order chi connectivity index (χ1) is 8.08. The van der Waals surface area contributed by atoms with Crippen molar-refractivity contribution >= 4 is 18.0 Å². The SMILES string of the molecule is COC(=O)C=Cc1cc(OC)ccc1C(=O)O. The maximum absolute atomic E-state index is 10.9. The molecule has 0 aromatic heterocycles. The third kappa shape index (κ3) is 3.34. The second-order valence-electron chi connectivity index (χ2n) is 3.11. The molecule has 0 unspecified atom stereocenters. The average molecular weight is 236 g/mol. The minimum Gasteiger partial charge on any atom is -0.497 e. The molecule has 0 bridgehead atoms. The van der Waals surface area contributed by atoms with Gasteiger partial charge < -0.3 is 14.6 Å². The second kappa shape index (κ2) is 5.69. The molecule has 5 heteroatoms. The minimum atomic E-state index is -1.07. The van der Waals surface area contributed by atoms with E-state index >= 15 is 0 Å². The average Bonchev–Trinajstić information content (AvgIpc) is 2.35. The van der Waals surface area contributed by atoms with Gasteiger partial charge in [0.15, 0.2) is 0 Å². The highest BCUT2D eigenvalue weighted by atomic mass is 16.5. The van der Waals surface area contributed by atoms with Gasteiger partial charge in [0.1, 0.15) is 5.75 Å². The molecule has 0 radical (unpaired) electrons. The van der Waals surface area contributed by atoms with E-state index in [2.05, 4.69) is 4.74 Å². The van der Waals surface area contributed by atoms with Crippen LogP contribution >= 0.6 is 0 Å². The predicted molar refractivity (Wildman–Crippen MR) is 61.0 cm³/mol. The highest BCUT2D eigenvalue weighted by Gasteiger charge is 2.09. The van der Waals surface area contributed by atoms with Gasteiger partial charge in [0.2, 0.25) is 0 Å². The van der Waals surface area contributed by atoms with Gasteiger partial charge in [0.05, 0.1) is 19.8 Å². The Morgan fingerprint density at radius 2 is 2.00 bits per heavy atom. The Bertz CT molecular complexity index is 462. The summed E-state index contributed by atoms with van der Waals surface area (Å²) in [7, 11) is 2.72. The fourth-order valence-electron chi connectivity index (χ4n) is 1.23. The van der Waals surface area contributed by atoms with E-state index in [-0.39, 0.29) is 5.56 Å². The number of hydrogen-bond acceptors (Lipinski definition) is 4. The van der Waals surface area contributed by atoms with Crippen molar-refractivity contribution < 1.29 is 24.2 Å². The number of carbonyl (C=O) groups is 2. The summed E-state index contributed by atoms with van der Waals surface area (Å²) in [6, 6.07) is 4.49. The van der Waals surface area contributed by atoms with Crippen molar-refractivity contribution in [1.29, 1.82) is 0 Å². The first-order valence-corrected chi connectivity index (χ1v) is 4.76. The molecule has 0 aliphatic carbocycles. The van der Waals surface area contributed by atoms with Crippen LogP contribution in [0.15, 0.2) is 24.3 Å². The van der Waals surface area contributed by atoms with Crippen molar-refractivity contribution in [2.24, 2.45) is 0 Å². The number of aromatic carboxylic acids is 1. The topological polar surface area (TPSA) is 72.8 Å². The van der Waals surface area contributed by atoms with Crippen LogP contribution in [0.3, 0.4) is 0 Å². The molecule has 0 aliphatic heterocycles. The van der Waals surface area contributed by atoms with Crippen molar-refractivity contribution in [1.82, 2.24) is 0 Å². The predicted octanol–water partition coefficient (Wildman–Crippen LogP) is 1.58. The molecule has 17 heavy (non-hydrogen) atoms. The molecule has 0 fully saturated rings. The molecule has 0 saturated heterocycles. The lowest BCUT2D eigenvalue weighted by Crippen LogP contribution is -2.00. The summed E-state index contributed by atoms with van der Waals surface area (Å²) in [6.07, 6.45) is 2.53.